The van der Waals surface area contributed by atoms with Gasteiger partial charge < -0.3 is 10.2 Å². The molecule has 1 fully saturated rings. The average Bonchev–Trinajstić information content (AvgIpc) is 2.92. The van der Waals surface area contributed by atoms with E-state index in [1.165, 1.54) is 10.5 Å². The summed E-state index contributed by atoms with van der Waals surface area (Å²) in [7, 11) is 0. The van der Waals surface area contributed by atoms with Crippen LogP contribution < -0.4 is 15.3 Å². The summed E-state index contributed by atoms with van der Waals surface area (Å²) in [5.74, 6) is 0.674. The molecule has 0 spiro atoms. The van der Waals surface area contributed by atoms with Gasteiger partial charge in [-0.3, -0.25) is 15.0 Å². The zero-order chi connectivity index (χ0) is 16.3. The van der Waals surface area contributed by atoms with Crippen LogP contribution in [-0.2, 0) is 25.2 Å². The Labute approximate surface area is 149 Å². The zero-order valence-corrected chi connectivity index (χ0v) is 16.5. The molecule has 7 heteroatoms. The van der Waals surface area contributed by atoms with Gasteiger partial charge in [0.2, 0.25) is 5.91 Å². The van der Waals surface area contributed by atoms with Gasteiger partial charge in [-0.1, -0.05) is 45.9 Å². The van der Waals surface area contributed by atoms with E-state index < -0.39 is 6.03 Å². The number of imide groups is 1. The van der Waals surface area contributed by atoms with Crippen molar-refractivity contribution in [3.8, 4) is 0 Å². The molecule has 0 atom stereocenters. The molecule has 1 radical (unpaired) electrons. The second-order valence-corrected chi connectivity index (χ2v) is 5.21. The standard InChI is InChI=1S/C14H16N4O2.C2H6.Re/c1-8(2)9-3-4-10-11(7-9)16-17-13(10)18-6-5-12(19)15-14(18)20;1-2;/h3-4,7-8H,5-6H2,1-2H3,(H2,15,16,17,19,20);1-2H3;/p-1. The SMILES string of the molecule is CC.CC(C)c1ccc2c(N3CCC(=O)NC3=O)n[n-]c2c1.[Re]. The topological polar surface area (TPSA) is 76.4 Å². The van der Waals surface area contributed by atoms with Gasteiger partial charge in [0, 0.05) is 38.8 Å². The van der Waals surface area contributed by atoms with Crippen molar-refractivity contribution < 1.29 is 30.0 Å². The van der Waals surface area contributed by atoms with Crippen molar-refractivity contribution in [2.75, 3.05) is 11.4 Å². The van der Waals surface area contributed by atoms with Gasteiger partial charge in [-0.05, 0) is 11.5 Å². The number of hydrogen-bond acceptors (Lipinski definition) is 3. The molecular weight excluding hydrogens is 466 g/mol. The Kier molecular flexibility index (Phi) is 6.92. The fraction of sp³-hybridized carbons (Fsp3) is 0.438. The molecule has 0 unspecified atom stereocenters. The molecule has 2 aromatic rings. The van der Waals surface area contributed by atoms with Crippen molar-refractivity contribution >= 4 is 28.7 Å². The number of nitrogens with one attached hydrogen (secondary N) is 1. The molecule has 3 amide bonds. The number of nitrogens with zero attached hydrogens (tertiary/aromatic N) is 3. The summed E-state index contributed by atoms with van der Waals surface area (Å²) in [6, 6.07) is 5.51. The van der Waals surface area contributed by atoms with Crippen LogP contribution in [0.4, 0.5) is 10.6 Å². The predicted octanol–water partition coefficient (Wildman–Crippen LogP) is 2.79. The van der Waals surface area contributed by atoms with Gasteiger partial charge in [0.05, 0.1) is 0 Å². The smallest absolute Gasteiger partial charge is 0.329 e. The van der Waals surface area contributed by atoms with Crippen molar-refractivity contribution in [1.82, 2.24) is 15.5 Å². The number of hydrogen-bond donors (Lipinski definition) is 1. The molecule has 1 aromatic carbocycles. The van der Waals surface area contributed by atoms with Crippen LogP contribution in [0.5, 0.6) is 0 Å². The summed E-state index contributed by atoms with van der Waals surface area (Å²) in [4.78, 5) is 24.5. The van der Waals surface area contributed by atoms with E-state index in [1.54, 1.807) is 0 Å². The van der Waals surface area contributed by atoms with E-state index in [4.69, 9.17) is 0 Å². The molecule has 2 heterocycles. The maximum absolute atomic E-state index is 11.8. The number of amides is 3. The minimum Gasteiger partial charge on any atom is -0.573 e. The van der Waals surface area contributed by atoms with Crippen molar-refractivity contribution in [3.63, 3.8) is 0 Å². The molecule has 0 saturated carbocycles. The third kappa shape index (κ3) is 3.98. The van der Waals surface area contributed by atoms with Crippen molar-refractivity contribution in [2.24, 2.45) is 0 Å². The Morgan fingerprint density at radius 3 is 2.57 bits per heavy atom. The first-order chi connectivity index (χ1) is 10.6. The van der Waals surface area contributed by atoms with Crippen LogP contribution in [0, 0.1) is 0 Å². The van der Waals surface area contributed by atoms with Crippen LogP contribution in [0.1, 0.15) is 45.6 Å². The monoisotopic (exact) mass is 488 g/mol. The zero-order valence-electron chi connectivity index (χ0n) is 13.8. The Morgan fingerprint density at radius 2 is 1.96 bits per heavy atom. The number of benzene rings is 1. The van der Waals surface area contributed by atoms with E-state index in [2.05, 4.69) is 29.4 Å². The third-order valence-corrected chi connectivity index (χ3v) is 3.49. The van der Waals surface area contributed by atoms with E-state index in [0.29, 0.717) is 18.3 Å². The number of carbonyl (C=O) groups excluding carboxylic acids is 2. The fourth-order valence-electron chi connectivity index (χ4n) is 2.30. The number of rotatable bonds is 2. The third-order valence-electron chi connectivity index (χ3n) is 3.49. The minimum absolute atomic E-state index is 0. The Hall–Kier alpha value is -1.71. The van der Waals surface area contributed by atoms with Crippen LogP contribution in [-0.4, -0.2) is 23.6 Å². The van der Waals surface area contributed by atoms with Gasteiger partial charge in [-0.25, -0.2) is 4.79 Å². The second kappa shape index (κ2) is 8.23. The summed E-state index contributed by atoms with van der Waals surface area (Å²) >= 11 is 0. The first-order valence-electron chi connectivity index (χ1n) is 7.60. The van der Waals surface area contributed by atoms with E-state index in [-0.39, 0.29) is 32.8 Å². The molecule has 1 aliphatic rings. The van der Waals surface area contributed by atoms with Gasteiger partial charge in [0.1, 0.15) is 5.82 Å². The predicted molar refractivity (Wildman–Crippen MR) is 86.0 cm³/mol. The van der Waals surface area contributed by atoms with Gasteiger partial charge >= 0.3 is 6.03 Å². The normalized spacial score (nSPS) is 14.2. The minimum atomic E-state index is -0.434. The van der Waals surface area contributed by atoms with E-state index >= 15 is 0 Å². The molecule has 6 nitrogen and oxygen atoms in total. The quantitative estimate of drug-likeness (QED) is 0.707. The molecular formula is C16H21N4O2Re-. The Morgan fingerprint density at radius 1 is 1.26 bits per heavy atom. The molecule has 0 bridgehead atoms. The Bertz CT molecular complexity index is 696. The van der Waals surface area contributed by atoms with Crippen LogP contribution in [0.25, 0.3) is 10.9 Å². The van der Waals surface area contributed by atoms with Crippen molar-refractivity contribution in [2.45, 2.75) is 40.0 Å². The average molecular weight is 488 g/mol. The first-order valence-corrected chi connectivity index (χ1v) is 7.60. The number of anilines is 1. The summed E-state index contributed by atoms with van der Waals surface area (Å²) in [6.45, 7) is 8.56. The van der Waals surface area contributed by atoms with E-state index in [0.717, 1.165) is 10.9 Å². The summed E-state index contributed by atoms with van der Waals surface area (Å²) in [6.07, 6.45) is 0.282. The number of aromatic nitrogens is 2. The maximum atomic E-state index is 11.8. The number of urea groups is 1. The summed E-state index contributed by atoms with van der Waals surface area (Å²) in [5.41, 5.74) is 1.96. The fourth-order valence-corrected chi connectivity index (χ4v) is 2.30. The molecule has 1 aliphatic heterocycles. The Balaban J connectivity index is 0.000000849. The summed E-state index contributed by atoms with van der Waals surface area (Å²) in [5, 5.41) is 11.4. The van der Waals surface area contributed by atoms with Gasteiger partial charge in [0.15, 0.2) is 0 Å². The van der Waals surface area contributed by atoms with E-state index in [1.807, 2.05) is 32.0 Å². The molecule has 125 valence electrons. The van der Waals surface area contributed by atoms with Crippen LogP contribution >= 0.6 is 0 Å². The molecule has 1 aromatic heterocycles. The van der Waals surface area contributed by atoms with Gasteiger partial charge in [0.25, 0.3) is 0 Å². The first kappa shape index (κ1) is 19.3. The largest absolute Gasteiger partial charge is 0.573 e. The molecule has 23 heavy (non-hydrogen) atoms. The number of carbonyl (C=O) groups is 2. The van der Waals surface area contributed by atoms with Gasteiger partial charge in [-0.2, -0.15) is 0 Å². The van der Waals surface area contributed by atoms with Gasteiger partial charge in [-0.15, -0.1) is 5.52 Å². The van der Waals surface area contributed by atoms with Crippen LogP contribution in [0.2, 0.25) is 0 Å². The molecule has 1 N–H and O–H groups in total. The maximum Gasteiger partial charge on any atom is 0.329 e. The second-order valence-electron chi connectivity index (χ2n) is 5.21. The van der Waals surface area contributed by atoms with Crippen LogP contribution in [0.3, 0.4) is 0 Å². The van der Waals surface area contributed by atoms with Crippen molar-refractivity contribution in [1.29, 1.82) is 0 Å². The summed E-state index contributed by atoms with van der Waals surface area (Å²) < 4.78 is 0. The van der Waals surface area contributed by atoms with E-state index in [9.17, 15) is 9.59 Å². The van der Waals surface area contributed by atoms with Crippen LogP contribution in [0.15, 0.2) is 18.2 Å². The van der Waals surface area contributed by atoms with Crippen molar-refractivity contribution in [3.05, 3.63) is 23.8 Å². The molecule has 0 aliphatic carbocycles. The number of fused-ring (bicyclic) bond motifs is 1. The molecule has 3 rings (SSSR count). The molecule has 1 saturated heterocycles.